The topological polar surface area (TPSA) is 64.3 Å². The Hall–Kier alpha value is -1.34. The van der Waals surface area contributed by atoms with Crippen molar-refractivity contribution >= 4 is 41.8 Å². The molecule has 2 aliphatic rings. The van der Waals surface area contributed by atoms with Crippen LogP contribution in [0.15, 0.2) is 24.5 Å². The van der Waals surface area contributed by atoms with Crippen molar-refractivity contribution < 1.29 is 4.79 Å². The molecule has 0 saturated carbocycles. The lowest BCUT2D eigenvalue weighted by atomic mass is 10.2. The van der Waals surface area contributed by atoms with Gasteiger partial charge in [-0.2, -0.15) is 0 Å². The van der Waals surface area contributed by atoms with E-state index in [1.165, 1.54) is 0 Å². The lowest BCUT2D eigenvalue weighted by Gasteiger charge is -2.32. The van der Waals surface area contributed by atoms with Crippen LogP contribution in [0, 0.1) is 0 Å². The molecule has 8 heteroatoms. The Morgan fingerprint density at radius 3 is 2.79 bits per heavy atom. The maximum Gasteiger partial charge on any atom is 0.256 e. The molecule has 6 nitrogen and oxygen atoms in total. The predicted octanol–water partition coefficient (Wildman–Crippen LogP) is 1.53. The fourth-order valence-electron chi connectivity index (χ4n) is 3.57. The van der Waals surface area contributed by atoms with E-state index in [1.807, 2.05) is 17.0 Å². The van der Waals surface area contributed by atoms with E-state index >= 15 is 0 Å². The zero-order chi connectivity index (χ0) is 14.9. The normalized spacial score (nSPS) is 21.3. The third kappa shape index (κ3) is 3.52. The number of rotatable bonds is 2. The van der Waals surface area contributed by atoms with Crippen LogP contribution >= 0.6 is 24.8 Å². The number of H-pyrrole nitrogens is 1. The zero-order valence-electron chi connectivity index (χ0n) is 13.4. The second kappa shape index (κ2) is 8.16. The molecule has 0 spiro atoms. The number of aromatic amines is 1. The Balaban J connectivity index is 0.00000104. The number of hydrogen-bond donors (Lipinski definition) is 2. The molecule has 2 saturated heterocycles. The molecule has 2 aliphatic heterocycles. The van der Waals surface area contributed by atoms with Crippen LogP contribution in [-0.4, -0.2) is 71.0 Å². The highest BCUT2D eigenvalue weighted by atomic mass is 35.5. The van der Waals surface area contributed by atoms with Crippen LogP contribution in [0.2, 0.25) is 0 Å². The summed E-state index contributed by atoms with van der Waals surface area (Å²) in [5.41, 5.74) is 1.52. The van der Waals surface area contributed by atoms with Gasteiger partial charge in [0, 0.05) is 63.1 Å². The monoisotopic (exact) mass is 371 g/mol. The Bertz CT molecular complexity index is 686. The molecule has 24 heavy (non-hydrogen) atoms. The molecule has 0 aliphatic carbocycles. The van der Waals surface area contributed by atoms with Crippen LogP contribution in [0.5, 0.6) is 0 Å². The number of likely N-dealkylation sites (tertiary alicyclic amines) is 1. The van der Waals surface area contributed by atoms with Gasteiger partial charge in [0.2, 0.25) is 0 Å². The van der Waals surface area contributed by atoms with Crippen molar-refractivity contribution in [1.29, 1.82) is 0 Å². The van der Waals surface area contributed by atoms with Gasteiger partial charge in [-0.3, -0.25) is 9.69 Å². The van der Waals surface area contributed by atoms with E-state index < -0.39 is 0 Å². The lowest BCUT2D eigenvalue weighted by molar-refractivity contribution is 0.0775. The van der Waals surface area contributed by atoms with E-state index in [1.54, 1.807) is 12.4 Å². The smallest absolute Gasteiger partial charge is 0.256 e. The summed E-state index contributed by atoms with van der Waals surface area (Å²) in [7, 11) is 0. The Kier molecular flexibility index (Phi) is 6.46. The summed E-state index contributed by atoms with van der Waals surface area (Å²) in [5, 5.41) is 4.30. The van der Waals surface area contributed by atoms with Crippen molar-refractivity contribution in [3.05, 3.63) is 30.1 Å². The summed E-state index contributed by atoms with van der Waals surface area (Å²) in [6.45, 7) is 5.97. The van der Waals surface area contributed by atoms with E-state index in [4.69, 9.17) is 0 Å². The Labute approximate surface area is 153 Å². The second-order valence-corrected chi connectivity index (χ2v) is 6.08. The number of amides is 1. The van der Waals surface area contributed by atoms with E-state index in [9.17, 15) is 4.79 Å². The number of carbonyl (C=O) groups is 1. The van der Waals surface area contributed by atoms with Crippen LogP contribution in [0.1, 0.15) is 16.8 Å². The van der Waals surface area contributed by atoms with Crippen molar-refractivity contribution in [3.8, 4) is 0 Å². The van der Waals surface area contributed by atoms with Gasteiger partial charge in [0.25, 0.3) is 5.91 Å². The van der Waals surface area contributed by atoms with Crippen molar-refractivity contribution in [2.24, 2.45) is 0 Å². The van der Waals surface area contributed by atoms with E-state index in [-0.39, 0.29) is 30.7 Å². The third-order valence-electron chi connectivity index (χ3n) is 4.80. The van der Waals surface area contributed by atoms with Crippen LogP contribution in [-0.2, 0) is 0 Å². The van der Waals surface area contributed by atoms with E-state index in [2.05, 4.69) is 20.2 Å². The van der Waals surface area contributed by atoms with Crippen molar-refractivity contribution in [1.82, 2.24) is 25.1 Å². The summed E-state index contributed by atoms with van der Waals surface area (Å²) in [6.07, 6.45) is 4.61. The number of nitrogens with one attached hydrogen (secondary N) is 2. The van der Waals surface area contributed by atoms with Gasteiger partial charge in [-0.25, -0.2) is 4.98 Å². The van der Waals surface area contributed by atoms with Crippen LogP contribution in [0.4, 0.5) is 0 Å². The highest BCUT2D eigenvalue weighted by Crippen LogP contribution is 2.22. The number of hydrogen-bond acceptors (Lipinski definition) is 4. The van der Waals surface area contributed by atoms with Gasteiger partial charge in [-0.1, -0.05) is 0 Å². The van der Waals surface area contributed by atoms with Crippen LogP contribution in [0.25, 0.3) is 11.0 Å². The fraction of sp³-hybridized carbons (Fsp3) is 0.500. The molecule has 2 aromatic heterocycles. The lowest BCUT2D eigenvalue weighted by Crippen LogP contribution is -2.49. The minimum atomic E-state index is 0. The summed E-state index contributed by atoms with van der Waals surface area (Å²) in [6, 6.07) is 4.34. The second-order valence-electron chi connectivity index (χ2n) is 6.08. The molecular weight excluding hydrogens is 349 g/mol. The molecule has 132 valence electrons. The molecule has 4 rings (SSSR count). The number of pyridine rings is 1. The zero-order valence-corrected chi connectivity index (χ0v) is 15.0. The van der Waals surface area contributed by atoms with Crippen LogP contribution < -0.4 is 5.32 Å². The molecule has 0 radical (unpaired) electrons. The molecule has 2 N–H and O–H groups in total. The van der Waals surface area contributed by atoms with Crippen molar-refractivity contribution in [2.75, 3.05) is 39.3 Å². The van der Waals surface area contributed by atoms with Gasteiger partial charge in [0.1, 0.15) is 5.65 Å². The largest absolute Gasteiger partial charge is 0.345 e. The quantitative estimate of drug-likeness (QED) is 0.839. The first kappa shape index (κ1) is 19.0. The van der Waals surface area contributed by atoms with Crippen LogP contribution in [0.3, 0.4) is 0 Å². The van der Waals surface area contributed by atoms with Crippen molar-refractivity contribution in [2.45, 2.75) is 12.5 Å². The van der Waals surface area contributed by atoms with Gasteiger partial charge in [-0.15, -0.1) is 24.8 Å². The average molecular weight is 372 g/mol. The summed E-state index contributed by atoms with van der Waals surface area (Å²) < 4.78 is 0. The third-order valence-corrected chi connectivity index (χ3v) is 4.80. The molecule has 1 atom stereocenters. The number of halogens is 2. The molecule has 2 fully saturated rings. The predicted molar refractivity (Wildman–Crippen MR) is 99.3 cm³/mol. The van der Waals surface area contributed by atoms with Gasteiger partial charge in [-0.05, 0) is 18.6 Å². The van der Waals surface area contributed by atoms with Gasteiger partial charge in [0.05, 0.1) is 5.56 Å². The highest BCUT2D eigenvalue weighted by molar-refractivity contribution is 6.05. The van der Waals surface area contributed by atoms with Gasteiger partial charge in [0.15, 0.2) is 0 Å². The molecular formula is C16H23Cl2N5O. The van der Waals surface area contributed by atoms with E-state index in [0.717, 1.165) is 62.3 Å². The Morgan fingerprint density at radius 2 is 2.00 bits per heavy atom. The summed E-state index contributed by atoms with van der Waals surface area (Å²) in [5.74, 6) is 0.122. The number of nitrogens with zero attached hydrogens (tertiary/aromatic N) is 3. The first-order valence-corrected chi connectivity index (χ1v) is 7.99. The Morgan fingerprint density at radius 1 is 1.21 bits per heavy atom. The SMILES string of the molecule is Cl.Cl.O=C(c1c[nH]c2ncccc12)N1CCC(N2CCNCC2)C1. The minimum Gasteiger partial charge on any atom is -0.345 e. The highest BCUT2D eigenvalue weighted by Gasteiger charge is 2.32. The van der Waals surface area contributed by atoms with E-state index in [0.29, 0.717) is 6.04 Å². The van der Waals surface area contributed by atoms with Gasteiger partial charge < -0.3 is 15.2 Å². The number of carbonyl (C=O) groups excluding carboxylic acids is 1. The molecule has 1 unspecified atom stereocenters. The number of piperazine rings is 1. The first-order chi connectivity index (χ1) is 10.8. The number of aromatic nitrogens is 2. The summed E-state index contributed by atoms with van der Waals surface area (Å²) in [4.78, 5) is 24.6. The first-order valence-electron chi connectivity index (χ1n) is 7.99. The molecule has 0 bridgehead atoms. The summed E-state index contributed by atoms with van der Waals surface area (Å²) >= 11 is 0. The average Bonchev–Trinajstić information content (AvgIpc) is 3.22. The molecule has 1 amide bonds. The van der Waals surface area contributed by atoms with Gasteiger partial charge >= 0.3 is 0 Å². The minimum absolute atomic E-state index is 0. The maximum atomic E-state index is 12.8. The fourth-order valence-corrected chi connectivity index (χ4v) is 3.57. The number of fused-ring (bicyclic) bond motifs is 1. The maximum absolute atomic E-state index is 12.8. The molecule has 2 aromatic rings. The molecule has 4 heterocycles. The molecule has 0 aromatic carbocycles. The van der Waals surface area contributed by atoms with Crippen molar-refractivity contribution in [3.63, 3.8) is 0 Å². The standard InChI is InChI=1S/C16H21N5O.2ClH/c22-16(14-10-19-15-13(14)2-1-4-18-15)21-7-3-12(11-21)20-8-5-17-6-9-20;;/h1-2,4,10,12,17H,3,5-9,11H2,(H,18,19);2*1H.